The van der Waals surface area contributed by atoms with E-state index < -0.39 is 5.97 Å². The minimum atomic E-state index is -0.672. The van der Waals surface area contributed by atoms with Crippen LogP contribution in [-0.2, 0) is 14.3 Å². The number of esters is 1. The Kier molecular flexibility index (Phi) is 26.8. The molecular formula is C30H56O4. The molecule has 0 aliphatic carbocycles. The van der Waals surface area contributed by atoms with Crippen molar-refractivity contribution in [2.45, 2.75) is 161 Å². The molecule has 0 atom stereocenters. The molecule has 0 saturated carbocycles. The van der Waals surface area contributed by atoms with Crippen molar-refractivity contribution < 1.29 is 19.4 Å². The third-order valence-corrected chi connectivity index (χ3v) is 6.44. The van der Waals surface area contributed by atoms with Crippen LogP contribution >= 0.6 is 0 Å². The highest BCUT2D eigenvalue weighted by Crippen LogP contribution is 2.13. The molecule has 0 heterocycles. The van der Waals surface area contributed by atoms with Gasteiger partial charge in [0.15, 0.2) is 0 Å². The van der Waals surface area contributed by atoms with Gasteiger partial charge in [0.05, 0.1) is 6.61 Å². The fraction of sp³-hybridized carbons (Fsp3) is 0.867. The third kappa shape index (κ3) is 28.7. The van der Waals surface area contributed by atoms with Crippen LogP contribution in [0.5, 0.6) is 0 Å². The minimum absolute atomic E-state index is 0.0132. The summed E-state index contributed by atoms with van der Waals surface area (Å²) in [6.07, 6.45) is 32.0. The largest absolute Gasteiger partial charge is 0.481 e. The molecule has 0 spiro atoms. The molecule has 4 heteroatoms. The number of unbranched alkanes of at least 4 members (excludes halogenated alkanes) is 19. The zero-order valence-electron chi connectivity index (χ0n) is 22.5. The lowest BCUT2D eigenvalue weighted by molar-refractivity contribution is -0.144. The average Bonchev–Trinajstić information content (AvgIpc) is 2.82. The first-order chi connectivity index (χ1) is 16.7. The van der Waals surface area contributed by atoms with Gasteiger partial charge in [0.25, 0.3) is 0 Å². The predicted octanol–water partition coefficient (Wildman–Crippen LogP) is 9.55. The van der Waals surface area contributed by atoms with Crippen LogP contribution in [0.25, 0.3) is 0 Å². The lowest BCUT2D eigenvalue weighted by atomic mass is 10.0. The Hall–Kier alpha value is -1.32. The van der Waals surface area contributed by atoms with E-state index in [9.17, 15) is 9.59 Å². The van der Waals surface area contributed by atoms with E-state index in [2.05, 4.69) is 19.1 Å². The molecule has 0 aromatic heterocycles. The molecule has 200 valence electrons. The first kappa shape index (κ1) is 32.7. The maximum atomic E-state index is 11.8. The van der Waals surface area contributed by atoms with Crippen LogP contribution in [0.1, 0.15) is 161 Å². The van der Waals surface area contributed by atoms with Gasteiger partial charge in [-0.25, -0.2) is 0 Å². The molecule has 0 unspecified atom stereocenters. The summed E-state index contributed by atoms with van der Waals surface area (Å²) in [5.74, 6) is -0.685. The van der Waals surface area contributed by atoms with Crippen molar-refractivity contribution in [1.29, 1.82) is 0 Å². The van der Waals surface area contributed by atoms with Crippen LogP contribution in [0.15, 0.2) is 12.2 Å². The summed E-state index contributed by atoms with van der Waals surface area (Å²) in [6, 6.07) is 0. The second-order valence-corrected chi connectivity index (χ2v) is 9.88. The number of hydrogen-bond donors (Lipinski definition) is 1. The van der Waals surface area contributed by atoms with Gasteiger partial charge in [-0.3, -0.25) is 9.59 Å². The number of carboxylic acids is 1. The van der Waals surface area contributed by atoms with Gasteiger partial charge in [0.1, 0.15) is 0 Å². The SMILES string of the molecule is CCCC/C=C\CCCCCCCC(=O)OCCCCCCCCCCCCCCCC(=O)O. The van der Waals surface area contributed by atoms with E-state index in [1.54, 1.807) is 0 Å². The molecular weight excluding hydrogens is 424 g/mol. The van der Waals surface area contributed by atoms with Crippen LogP contribution in [0.4, 0.5) is 0 Å². The summed E-state index contributed by atoms with van der Waals surface area (Å²) in [5, 5.41) is 8.60. The van der Waals surface area contributed by atoms with Gasteiger partial charge in [-0.05, 0) is 38.5 Å². The Balaban J connectivity index is 3.18. The van der Waals surface area contributed by atoms with E-state index >= 15 is 0 Å². The van der Waals surface area contributed by atoms with Crippen LogP contribution in [-0.4, -0.2) is 23.7 Å². The molecule has 1 N–H and O–H groups in total. The van der Waals surface area contributed by atoms with Crippen molar-refractivity contribution >= 4 is 11.9 Å². The summed E-state index contributed by atoms with van der Waals surface area (Å²) < 4.78 is 5.38. The Bertz CT molecular complexity index is 472. The van der Waals surface area contributed by atoms with Crippen molar-refractivity contribution in [2.24, 2.45) is 0 Å². The Morgan fingerprint density at radius 3 is 1.47 bits per heavy atom. The number of carboxylic acid groups (broad SMARTS) is 1. The molecule has 0 saturated heterocycles. The number of allylic oxidation sites excluding steroid dienone is 2. The van der Waals surface area contributed by atoms with E-state index in [1.807, 2.05) is 0 Å². The van der Waals surface area contributed by atoms with Crippen molar-refractivity contribution in [2.75, 3.05) is 6.61 Å². The number of carbonyl (C=O) groups excluding carboxylic acids is 1. The summed E-state index contributed by atoms with van der Waals surface area (Å²) in [6.45, 7) is 2.82. The smallest absolute Gasteiger partial charge is 0.305 e. The zero-order chi connectivity index (χ0) is 25.0. The molecule has 0 aromatic rings. The van der Waals surface area contributed by atoms with E-state index in [-0.39, 0.29) is 5.97 Å². The first-order valence-corrected chi connectivity index (χ1v) is 14.7. The standard InChI is InChI=1S/C30H56O4/c1-2-3-4-5-6-7-11-15-18-21-24-27-30(33)34-28-25-22-19-16-13-10-8-9-12-14-17-20-23-26-29(31)32/h5-6H,2-4,7-28H2,1H3,(H,31,32)/b6-5-. The molecule has 0 aliphatic rings. The van der Waals surface area contributed by atoms with Gasteiger partial charge in [-0.1, -0.05) is 122 Å². The number of hydrogen-bond acceptors (Lipinski definition) is 3. The molecule has 4 nitrogen and oxygen atoms in total. The Morgan fingerprint density at radius 1 is 0.559 bits per heavy atom. The van der Waals surface area contributed by atoms with Gasteiger partial charge in [0.2, 0.25) is 0 Å². The minimum Gasteiger partial charge on any atom is -0.481 e. The highest BCUT2D eigenvalue weighted by molar-refractivity contribution is 5.69. The van der Waals surface area contributed by atoms with E-state index in [1.165, 1.54) is 103 Å². The number of aliphatic carboxylic acids is 1. The van der Waals surface area contributed by atoms with Gasteiger partial charge >= 0.3 is 11.9 Å². The van der Waals surface area contributed by atoms with Gasteiger partial charge < -0.3 is 9.84 Å². The van der Waals surface area contributed by atoms with Crippen LogP contribution < -0.4 is 0 Å². The Labute approximate surface area is 211 Å². The fourth-order valence-electron chi connectivity index (χ4n) is 4.20. The van der Waals surface area contributed by atoms with Gasteiger partial charge in [-0.15, -0.1) is 0 Å². The van der Waals surface area contributed by atoms with E-state index in [4.69, 9.17) is 9.84 Å². The highest BCUT2D eigenvalue weighted by Gasteiger charge is 2.02. The second kappa shape index (κ2) is 27.9. The summed E-state index contributed by atoms with van der Waals surface area (Å²) in [7, 11) is 0. The van der Waals surface area contributed by atoms with Gasteiger partial charge in [-0.2, -0.15) is 0 Å². The van der Waals surface area contributed by atoms with E-state index in [0.717, 1.165) is 38.5 Å². The maximum Gasteiger partial charge on any atom is 0.305 e. The predicted molar refractivity (Wildman–Crippen MR) is 144 cm³/mol. The monoisotopic (exact) mass is 480 g/mol. The van der Waals surface area contributed by atoms with Crippen LogP contribution in [0.2, 0.25) is 0 Å². The molecule has 34 heavy (non-hydrogen) atoms. The van der Waals surface area contributed by atoms with Crippen molar-refractivity contribution in [3.8, 4) is 0 Å². The lowest BCUT2D eigenvalue weighted by Gasteiger charge is -2.05. The molecule has 0 bridgehead atoms. The highest BCUT2D eigenvalue weighted by atomic mass is 16.5. The van der Waals surface area contributed by atoms with Crippen molar-refractivity contribution in [1.82, 2.24) is 0 Å². The summed E-state index contributed by atoms with van der Waals surface area (Å²) >= 11 is 0. The molecule has 0 radical (unpaired) electrons. The quantitative estimate of drug-likeness (QED) is 0.0722. The first-order valence-electron chi connectivity index (χ1n) is 14.7. The number of rotatable bonds is 27. The average molecular weight is 481 g/mol. The molecule has 0 aromatic carbocycles. The van der Waals surface area contributed by atoms with Crippen LogP contribution in [0, 0.1) is 0 Å². The summed E-state index contributed by atoms with van der Waals surface area (Å²) in [4.78, 5) is 22.2. The van der Waals surface area contributed by atoms with Crippen LogP contribution in [0.3, 0.4) is 0 Å². The fourth-order valence-corrected chi connectivity index (χ4v) is 4.20. The molecule has 0 rings (SSSR count). The molecule has 0 fully saturated rings. The molecule has 0 amide bonds. The van der Waals surface area contributed by atoms with Crippen molar-refractivity contribution in [3.05, 3.63) is 12.2 Å². The van der Waals surface area contributed by atoms with Crippen molar-refractivity contribution in [3.63, 3.8) is 0 Å². The molecule has 0 aliphatic heterocycles. The topological polar surface area (TPSA) is 63.6 Å². The third-order valence-electron chi connectivity index (χ3n) is 6.44. The number of ether oxygens (including phenoxy) is 1. The maximum absolute atomic E-state index is 11.8. The lowest BCUT2D eigenvalue weighted by Crippen LogP contribution is -2.05. The zero-order valence-corrected chi connectivity index (χ0v) is 22.5. The normalized spacial score (nSPS) is 11.3. The second-order valence-electron chi connectivity index (χ2n) is 9.88. The Morgan fingerprint density at radius 2 is 0.971 bits per heavy atom. The van der Waals surface area contributed by atoms with Gasteiger partial charge in [0, 0.05) is 12.8 Å². The summed E-state index contributed by atoms with van der Waals surface area (Å²) in [5.41, 5.74) is 0. The van der Waals surface area contributed by atoms with E-state index in [0.29, 0.717) is 19.4 Å². The number of carbonyl (C=O) groups is 2.